The Bertz CT molecular complexity index is 886. The van der Waals surface area contributed by atoms with Crippen molar-refractivity contribution >= 4 is 45.3 Å². The van der Waals surface area contributed by atoms with Gasteiger partial charge in [0.1, 0.15) is 0 Å². The molecule has 0 radical (unpaired) electrons. The van der Waals surface area contributed by atoms with Crippen LogP contribution in [0.1, 0.15) is 5.56 Å². The lowest BCUT2D eigenvalue weighted by atomic mass is 10.1. The SMILES string of the molecule is O=C(Cc1ccccc1Cl)N1CCN(c2nc(-c3ccsc3)cs2)CC1. The minimum Gasteiger partial charge on any atom is -0.345 e. The number of aromatic nitrogens is 1. The lowest BCUT2D eigenvalue weighted by Gasteiger charge is -2.34. The molecular formula is C19H18ClN3OS2. The normalized spacial score (nSPS) is 14.7. The molecule has 0 N–H and O–H groups in total. The fraction of sp³-hybridized carbons (Fsp3) is 0.263. The quantitative estimate of drug-likeness (QED) is 0.647. The first kappa shape index (κ1) is 17.5. The molecule has 0 aliphatic carbocycles. The fourth-order valence-electron chi connectivity index (χ4n) is 3.02. The van der Waals surface area contributed by atoms with Gasteiger partial charge < -0.3 is 9.80 Å². The molecule has 1 aromatic carbocycles. The molecule has 1 fully saturated rings. The molecule has 4 rings (SSSR count). The van der Waals surface area contributed by atoms with Crippen LogP contribution in [0.15, 0.2) is 46.5 Å². The van der Waals surface area contributed by atoms with Gasteiger partial charge in [-0.25, -0.2) is 4.98 Å². The predicted octanol–water partition coefficient (Wildman–Crippen LogP) is 4.42. The number of rotatable bonds is 4. The average Bonchev–Trinajstić information content (AvgIpc) is 3.35. The van der Waals surface area contributed by atoms with Crippen LogP contribution in [0.2, 0.25) is 5.02 Å². The smallest absolute Gasteiger partial charge is 0.227 e. The number of halogens is 1. The summed E-state index contributed by atoms with van der Waals surface area (Å²) in [6, 6.07) is 9.63. The van der Waals surface area contributed by atoms with E-state index in [1.807, 2.05) is 29.2 Å². The van der Waals surface area contributed by atoms with Crippen molar-refractivity contribution in [1.29, 1.82) is 0 Å². The Hall–Kier alpha value is -1.89. The van der Waals surface area contributed by atoms with Crippen LogP contribution in [0, 0.1) is 0 Å². The molecule has 0 atom stereocenters. The van der Waals surface area contributed by atoms with Gasteiger partial charge >= 0.3 is 0 Å². The third-order valence-corrected chi connectivity index (χ3v) is 6.46. The summed E-state index contributed by atoms with van der Waals surface area (Å²) >= 11 is 9.52. The van der Waals surface area contributed by atoms with E-state index < -0.39 is 0 Å². The van der Waals surface area contributed by atoms with Gasteiger partial charge in [-0.15, -0.1) is 11.3 Å². The van der Waals surface area contributed by atoms with E-state index >= 15 is 0 Å². The van der Waals surface area contributed by atoms with E-state index in [9.17, 15) is 4.79 Å². The third kappa shape index (κ3) is 3.77. The number of anilines is 1. The molecule has 0 spiro atoms. The van der Waals surface area contributed by atoms with Crippen LogP contribution in [0.4, 0.5) is 5.13 Å². The van der Waals surface area contributed by atoms with Crippen LogP contribution in [-0.2, 0) is 11.2 Å². The van der Waals surface area contributed by atoms with E-state index in [2.05, 4.69) is 27.1 Å². The van der Waals surface area contributed by atoms with Gasteiger partial charge in [0.2, 0.25) is 5.91 Å². The summed E-state index contributed by atoms with van der Waals surface area (Å²) in [6.07, 6.45) is 0.360. The van der Waals surface area contributed by atoms with Gasteiger partial charge in [0.05, 0.1) is 12.1 Å². The van der Waals surface area contributed by atoms with E-state index in [0.717, 1.165) is 42.6 Å². The topological polar surface area (TPSA) is 36.4 Å². The molecule has 2 aromatic heterocycles. The molecule has 3 heterocycles. The highest BCUT2D eigenvalue weighted by Gasteiger charge is 2.23. The third-order valence-electron chi connectivity index (χ3n) is 4.51. The van der Waals surface area contributed by atoms with E-state index in [0.29, 0.717) is 11.4 Å². The fourth-order valence-corrected chi connectivity index (χ4v) is 4.76. The Labute approximate surface area is 165 Å². The van der Waals surface area contributed by atoms with Crippen LogP contribution < -0.4 is 4.90 Å². The number of hydrogen-bond donors (Lipinski definition) is 0. The van der Waals surface area contributed by atoms with Crippen molar-refractivity contribution in [2.75, 3.05) is 31.1 Å². The van der Waals surface area contributed by atoms with Crippen molar-refractivity contribution in [3.8, 4) is 11.3 Å². The molecular weight excluding hydrogens is 386 g/mol. The summed E-state index contributed by atoms with van der Waals surface area (Å²) < 4.78 is 0. The molecule has 0 bridgehead atoms. The molecule has 134 valence electrons. The highest BCUT2D eigenvalue weighted by molar-refractivity contribution is 7.14. The van der Waals surface area contributed by atoms with Crippen molar-refractivity contribution in [3.05, 3.63) is 57.1 Å². The Morgan fingerprint density at radius 2 is 1.92 bits per heavy atom. The van der Waals surface area contributed by atoms with Gasteiger partial charge in [-0.1, -0.05) is 29.8 Å². The first-order valence-corrected chi connectivity index (χ1v) is 10.6. The molecule has 1 amide bonds. The Balaban J connectivity index is 1.35. The van der Waals surface area contributed by atoms with Crippen molar-refractivity contribution in [1.82, 2.24) is 9.88 Å². The van der Waals surface area contributed by atoms with Crippen LogP contribution in [0.3, 0.4) is 0 Å². The second kappa shape index (κ2) is 7.78. The average molecular weight is 404 g/mol. The van der Waals surface area contributed by atoms with Crippen molar-refractivity contribution in [2.24, 2.45) is 0 Å². The minimum absolute atomic E-state index is 0.135. The number of thiophene rings is 1. The van der Waals surface area contributed by atoms with Crippen molar-refractivity contribution in [3.63, 3.8) is 0 Å². The summed E-state index contributed by atoms with van der Waals surface area (Å²) in [6.45, 7) is 3.06. The first-order chi connectivity index (χ1) is 12.7. The molecule has 0 saturated carbocycles. The molecule has 1 saturated heterocycles. The van der Waals surface area contributed by atoms with Crippen molar-refractivity contribution in [2.45, 2.75) is 6.42 Å². The molecule has 3 aromatic rings. The Morgan fingerprint density at radius 3 is 2.65 bits per heavy atom. The number of benzene rings is 1. The second-order valence-corrected chi connectivity index (χ2v) is 8.19. The molecule has 4 nitrogen and oxygen atoms in total. The Kier molecular flexibility index (Phi) is 5.24. The van der Waals surface area contributed by atoms with Crippen LogP contribution in [-0.4, -0.2) is 42.0 Å². The van der Waals surface area contributed by atoms with Gasteiger partial charge in [-0.3, -0.25) is 4.79 Å². The van der Waals surface area contributed by atoms with E-state index in [1.54, 1.807) is 22.7 Å². The lowest BCUT2D eigenvalue weighted by Crippen LogP contribution is -2.49. The van der Waals surface area contributed by atoms with Gasteiger partial charge in [-0.2, -0.15) is 11.3 Å². The van der Waals surface area contributed by atoms with E-state index in [4.69, 9.17) is 16.6 Å². The summed E-state index contributed by atoms with van der Waals surface area (Å²) in [5.41, 5.74) is 3.09. The number of carbonyl (C=O) groups is 1. The van der Waals surface area contributed by atoms with Gasteiger partial charge in [-0.05, 0) is 23.1 Å². The Morgan fingerprint density at radius 1 is 1.12 bits per heavy atom. The standard InChI is InChI=1S/C19H18ClN3OS2/c20-16-4-2-1-3-14(16)11-18(24)22-6-8-23(9-7-22)19-21-17(13-26-19)15-5-10-25-12-15/h1-5,10,12-13H,6-9,11H2. The predicted molar refractivity (Wildman–Crippen MR) is 109 cm³/mol. The van der Waals surface area contributed by atoms with E-state index in [1.165, 1.54) is 5.56 Å². The number of nitrogens with zero attached hydrogens (tertiary/aromatic N) is 3. The van der Waals surface area contributed by atoms with Crippen molar-refractivity contribution < 1.29 is 4.79 Å². The molecule has 0 unspecified atom stereocenters. The molecule has 1 aliphatic heterocycles. The highest BCUT2D eigenvalue weighted by atomic mass is 35.5. The number of hydrogen-bond acceptors (Lipinski definition) is 5. The highest BCUT2D eigenvalue weighted by Crippen LogP contribution is 2.29. The van der Waals surface area contributed by atoms with Crippen LogP contribution in [0.25, 0.3) is 11.3 Å². The summed E-state index contributed by atoms with van der Waals surface area (Å²) in [7, 11) is 0. The summed E-state index contributed by atoms with van der Waals surface area (Å²) in [5, 5.41) is 7.97. The van der Waals surface area contributed by atoms with Crippen LogP contribution in [0.5, 0.6) is 0 Å². The molecule has 26 heavy (non-hydrogen) atoms. The van der Waals surface area contributed by atoms with Gasteiger partial charge in [0.25, 0.3) is 0 Å². The number of carbonyl (C=O) groups excluding carboxylic acids is 1. The first-order valence-electron chi connectivity index (χ1n) is 8.45. The van der Waals surface area contributed by atoms with E-state index in [-0.39, 0.29) is 5.91 Å². The van der Waals surface area contributed by atoms with Crippen LogP contribution >= 0.6 is 34.3 Å². The maximum absolute atomic E-state index is 12.6. The number of thiazole rings is 1. The zero-order valence-electron chi connectivity index (χ0n) is 14.1. The minimum atomic E-state index is 0.135. The largest absolute Gasteiger partial charge is 0.345 e. The van der Waals surface area contributed by atoms with Gasteiger partial charge in [0, 0.05) is 47.5 Å². The molecule has 1 aliphatic rings. The maximum Gasteiger partial charge on any atom is 0.227 e. The maximum atomic E-state index is 12.6. The zero-order chi connectivity index (χ0) is 17.9. The summed E-state index contributed by atoms with van der Waals surface area (Å²) in [4.78, 5) is 21.5. The lowest BCUT2D eigenvalue weighted by molar-refractivity contribution is -0.130. The zero-order valence-corrected chi connectivity index (χ0v) is 16.5. The number of amides is 1. The second-order valence-electron chi connectivity index (χ2n) is 6.16. The number of piperazine rings is 1. The van der Waals surface area contributed by atoms with Gasteiger partial charge in [0.15, 0.2) is 5.13 Å². The monoisotopic (exact) mass is 403 g/mol. The summed E-state index contributed by atoms with van der Waals surface area (Å²) in [5.74, 6) is 0.135. The molecule has 7 heteroatoms.